The molecule has 1 aliphatic heterocycles. The Hall–Kier alpha value is -1.84. The predicted octanol–water partition coefficient (Wildman–Crippen LogP) is 2.52. The van der Waals surface area contributed by atoms with Crippen LogP contribution in [0.15, 0.2) is 54.3 Å². The number of fused-ring (bicyclic) bond motifs is 1. The highest BCUT2D eigenvalue weighted by Gasteiger charge is 2.17. The van der Waals surface area contributed by atoms with Crippen molar-refractivity contribution in [1.29, 1.82) is 0 Å². The van der Waals surface area contributed by atoms with Crippen LogP contribution in [0.25, 0.3) is 10.8 Å². The summed E-state index contributed by atoms with van der Waals surface area (Å²) in [6.07, 6.45) is 3.93. The van der Waals surface area contributed by atoms with Gasteiger partial charge in [-0.1, -0.05) is 42.5 Å². The second-order valence-corrected chi connectivity index (χ2v) is 4.85. The lowest BCUT2D eigenvalue weighted by molar-refractivity contribution is 0.214. The largest absolute Gasteiger partial charge is 0.496 e. The van der Waals surface area contributed by atoms with Gasteiger partial charge in [0.1, 0.15) is 5.76 Å². The van der Waals surface area contributed by atoms with E-state index >= 15 is 0 Å². The van der Waals surface area contributed by atoms with E-state index in [1.165, 1.54) is 16.3 Å². The number of nitrogens with two attached hydrogens (primary N) is 1. The summed E-state index contributed by atoms with van der Waals surface area (Å²) in [6.45, 7) is 0.769. The smallest absolute Gasteiger partial charge is 0.111 e. The summed E-state index contributed by atoms with van der Waals surface area (Å²) in [4.78, 5) is 0. The summed E-state index contributed by atoms with van der Waals surface area (Å²) in [5, 5.41) is 2.52. The van der Waals surface area contributed by atoms with Crippen molar-refractivity contribution in [3.63, 3.8) is 0 Å². The van der Waals surface area contributed by atoms with Gasteiger partial charge in [0.05, 0.1) is 12.6 Å². The van der Waals surface area contributed by atoms with Crippen molar-refractivity contribution in [3.8, 4) is 0 Å². The van der Waals surface area contributed by atoms with Gasteiger partial charge in [-0.2, -0.15) is 0 Å². The standard InChI is InChI=1S/C16H18N2O/c17-18-15(16-6-3-9-19-16)11-12-7-8-13-4-1-2-5-14(13)10-12/h1-2,4-8,10,15,18H,3,9,11,17H2. The Kier molecular flexibility index (Phi) is 3.49. The summed E-state index contributed by atoms with van der Waals surface area (Å²) >= 11 is 0. The highest BCUT2D eigenvalue weighted by molar-refractivity contribution is 5.83. The van der Waals surface area contributed by atoms with Crippen molar-refractivity contribution < 1.29 is 4.74 Å². The summed E-state index contributed by atoms with van der Waals surface area (Å²) in [5.41, 5.74) is 4.11. The van der Waals surface area contributed by atoms with E-state index in [-0.39, 0.29) is 6.04 Å². The normalized spacial score (nSPS) is 16.2. The number of hydrazine groups is 1. The number of hydrogen-bond acceptors (Lipinski definition) is 3. The first-order valence-electron chi connectivity index (χ1n) is 6.63. The highest BCUT2D eigenvalue weighted by Crippen LogP contribution is 2.20. The monoisotopic (exact) mass is 254 g/mol. The average molecular weight is 254 g/mol. The first-order valence-corrected chi connectivity index (χ1v) is 6.63. The molecule has 0 spiro atoms. The molecule has 3 rings (SSSR count). The van der Waals surface area contributed by atoms with Crippen LogP contribution in [-0.4, -0.2) is 12.6 Å². The van der Waals surface area contributed by atoms with E-state index in [9.17, 15) is 0 Å². The molecule has 2 aromatic rings. The number of rotatable bonds is 4. The van der Waals surface area contributed by atoms with Crippen molar-refractivity contribution in [2.75, 3.05) is 6.61 Å². The van der Waals surface area contributed by atoms with Crippen molar-refractivity contribution in [1.82, 2.24) is 5.43 Å². The minimum Gasteiger partial charge on any atom is -0.496 e. The van der Waals surface area contributed by atoms with E-state index in [4.69, 9.17) is 10.6 Å². The lowest BCUT2D eigenvalue weighted by Crippen LogP contribution is -2.38. The molecule has 1 heterocycles. The van der Waals surface area contributed by atoms with Crippen LogP contribution in [0.1, 0.15) is 12.0 Å². The predicted molar refractivity (Wildman–Crippen MR) is 77.4 cm³/mol. The van der Waals surface area contributed by atoms with Gasteiger partial charge in [0, 0.05) is 6.42 Å². The number of ether oxygens (including phenoxy) is 1. The van der Waals surface area contributed by atoms with Gasteiger partial charge in [-0.25, -0.2) is 5.43 Å². The first-order chi connectivity index (χ1) is 9.36. The Morgan fingerprint density at radius 2 is 2.00 bits per heavy atom. The Bertz CT molecular complexity index is 606. The van der Waals surface area contributed by atoms with E-state index in [1.54, 1.807) is 0 Å². The van der Waals surface area contributed by atoms with Crippen molar-refractivity contribution >= 4 is 10.8 Å². The summed E-state index contributed by atoms with van der Waals surface area (Å²) < 4.78 is 5.58. The van der Waals surface area contributed by atoms with Gasteiger partial charge in [-0.05, 0) is 28.8 Å². The molecule has 3 nitrogen and oxygen atoms in total. The Morgan fingerprint density at radius 1 is 1.16 bits per heavy atom. The fourth-order valence-electron chi connectivity index (χ4n) is 2.52. The zero-order valence-corrected chi connectivity index (χ0v) is 10.8. The number of hydrogen-bond donors (Lipinski definition) is 2. The molecule has 0 saturated carbocycles. The SMILES string of the molecule is NNC(Cc1ccc2ccccc2c1)C1=CCCO1. The molecule has 0 saturated heterocycles. The van der Waals surface area contributed by atoms with Crippen molar-refractivity contribution in [3.05, 3.63) is 59.9 Å². The van der Waals surface area contributed by atoms with E-state index in [0.717, 1.165) is 25.2 Å². The Morgan fingerprint density at radius 3 is 2.74 bits per heavy atom. The second kappa shape index (κ2) is 5.43. The maximum Gasteiger partial charge on any atom is 0.111 e. The molecule has 0 aromatic heterocycles. The van der Waals surface area contributed by atoms with Crippen molar-refractivity contribution in [2.45, 2.75) is 18.9 Å². The molecule has 0 bridgehead atoms. The van der Waals surface area contributed by atoms with Crippen molar-refractivity contribution in [2.24, 2.45) is 5.84 Å². The molecule has 0 fully saturated rings. The van der Waals surface area contributed by atoms with Crippen LogP contribution in [-0.2, 0) is 11.2 Å². The summed E-state index contributed by atoms with van der Waals surface area (Å²) in [7, 11) is 0. The first kappa shape index (κ1) is 12.2. The van der Waals surface area contributed by atoms with Crippen LogP contribution in [0, 0.1) is 0 Å². The molecule has 0 aliphatic carbocycles. The summed E-state index contributed by atoms with van der Waals surface area (Å²) in [6, 6.07) is 15.0. The van der Waals surface area contributed by atoms with Gasteiger partial charge in [-0.15, -0.1) is 0 Å². The van der Waals surface area contributed by atoms with Crippen LogP contribution in [0.4, 0.5) is 0 Å². The van der Waals surface area contributed by atoms with Gasteiger partial charge < -0.3 is 4.74 Å². The lowest BCUT2D eigenvalue weighted by atomic mass is 10.0. The maximum atomic E-state index is 5.64. The molecule has 3 heteroatoms. The fraction of sp³-hybridized carbons (Fsp3) is 0.250. The molecule has 0 amide bonds. The number of benzene rings is 2. The summed E-state index contributed by atoms with van der Waals surface area (Å²) in [5.74, 6) is 6.61. The topological polar surface area (TPSA) is 47.3 Å². The average Bonchev–Trinajstić information content (AvgIpc) is 2.98. The molecule has 98 valence electrons. The van der Waals surface area contributed by atoms with Gasteiger partial charge in [0.25, 0.3) is 0 Å². The second-order valence-electron chi connectivity index (χ2n) is 4.85. The molecule has 3 N–H and O–H groups in total. The minimum absolute atomic E-state index is 0.0589. The fourth-order valence-corrected chi connectivity index (χ4v) is 2.52. The van der Waals surface area contributed by atoms with E-state index < -0.39 is 0 Å². The van der Waals surface area contributed by atoms with Gasteiger partial charge >= 0.3 is 0 Å². The van der Waals surface area contributed by atoms with Crippen LogP contribution in [0.3, 0.4) is 0 Å². The molecule has 2 aromatic carbocycles. The van der Waals surface area contributed by atoms with Gasteiger partial charge in [-0.3, -0.25) is 5.84 Å². The third-order valence-electron chi connectivity index (χ3n) is 3.53. The van der Waals surface area contributed by atoms with Crippen LogP contribution in [0.2, 0.25) is 0 Å². The molecule has 1 aliphatic rings. The molecule has 1 unspecified atom stereocenters. The maximum absolute atomic E-state index is 5.64. The highest BCUT2D eigenvalue weighted by atomic mass is 16.5. The number of nitrogens with one attached hydrogen (secondary N) is 1. The molecule has 19 heavy (non-hydrogen) atoms. The minimum atomic E-state index is 0.0589. The Labute approximate surface area is 113 Å². The van der Waals surface area contributed by atoms with Gasteiger partial charge in [0.15, 0.2) is 0 Å². The quantitative estimate of drug-likeness (QED) is 0.651. The lowest BCUT2D eigenvalue weighted by Gasteiger charge is -2.17. The van der Waals surface area contributed by atoms with Crippen LogP contribution < -0.4 is 11.3 Å². The van der Waals surface area contributed by atoms with Crippen LogP contribution in [0.5, 0.6) is 0 Å². The third kappa shape index (κ3) is 2.62. The molecular formula is C16H18N2O. The molecule has 0 radical (unpaired) electrons. The molecule has 1 atom stereocenters. The van der Waals surface area contributed by atoms with E-state index in [0.29, 0.717) is 0 Å². The van der Waals surface area contributed by atoms with E-state index in [2.05, 4.69) is 54.0 Å². The Balaban J connectivity index is 1.83. The zero-order chi connectivity index (χ0) is 13.1. The molecular weight excluding hydrogens is 236 g/mol. The zero-order valence-electron chi connectivity index (χ0n) is 10.8. The third-order valence-corrected chi connectivity index (χ3v) is 3.53. The van der Waals surface area contributed by atoms with Crippen LogP contribution >= 0.6 is 0 Å². The van der Waals surface area contributed by atoms with Gasteiger partial charge in [0.2, 0.25) is 0 Å². The van der Waals surface area contributed by atoms with E-state index in [1.807, 2.05) is 0 Å².